The van der Waals surface area contributed by atoms with Crippen molar-refractivity contribution in [2.45, 2.75) is 19.5 Å². The van der Waals surface area contributed by atoms with Gasteiger partial charge in [0.2, 0.25) is 0 Å². The van der Waals surface area contributed by atoms with E-state index in [1.807, 2.05) is 13.0 Å². The Morgan fingerprint density at radius 3 is 2.48 bits per heavy atom. The standard InChI is InChI=1S/C18H14F3N3O/c1-2-16-15-11-14(25-10-9-22)7-8-17(15)24(23-16)13-5-3-12(4-6-13)18(19,20)21/h3-8,11H,2,10H2,1H3. The van der Waals surface area contributed by atoms with Gasteiger partial charge in [-0.05, 0) is 48.9 Å². The summed E-state index contributed by atoms with van der Waals surface area (Å²) < 4.78 is 45.1. The molecule has 0 aliphatic heterocycles. The van der Waals surface area contributed by atoms with E-state index < -0.39 is 11.7 Å². The zero-order valence-corrected chi connectivity index (χ0v) is 13.3. The maximum atomic E-state index is 12.7. The summed E-state index contributed by atoms with van der Waals surface area (Å²) in [6, 6.07) is 12.1. The van der Waals surface area contributed by atoms with Crippen LogP contribution in [0.25, 0.3) is 16.6 Å². The highest BCUT2D eigenvalue weighted by molar-refractivity contribution is 5.85. The monoisotopic (exact) mass is 345 g/mol. The lowest BCUT2D eigenvalue weighted by atomic mass is 10.1. The van der Waals surface area contributed by atoms with Crippen LogP contribution in [0.15, 0.2) is 42.5 Å². The Balaban J connectivity index is 2.06. The number of nitrogens with zero attached hydrogens (tertiary/aromatic N) is 3. The number of alkyl halides is 3. The molecule has 0 unspecified atom stereocenters. The second-order valence-electron chi connectivity index (χ2n) is 5.38. The summed E-state index contributed by atoms with van der Waals surface area (Å²) in [5.74, 6) is 0.552. The van der Waals surface area contributed by atoms with Gasteiger partial charge >= 0.3 is 6.18 Å². The Hall–Kier alpha value is -3.01. The average molecular weight is 345 g/mol. The third-order valence-corrected chi connectivity index (χ3v) is 3.81. The van der Waals surface area contributed by atoms with E-state index >= 15 is 0 Å². The van der Waals surface area contributed by atoms with Crippen LogP contribution in [-0.2, 0) is 12.6 Å². The van der Waals surface area contributed by atoms with Crippen molar-refractivity contribution in [2.24, 2.45) is 0 Å². The molecule has 1 heterocycles. The fourth-order valence-corrected chi connectivity index (χ4v) is 2.61. The van der Waals surface area contributed by atoms with E-state index in [2.05, 4.69) is 5.10 Å². The first-order valence-electron chi connectivity index (χ1n) is 7.63. The Morgan fingerprint density at radius 1 is 1.16 bits per heavy atom. The van der Waals surface area contributed by atoms with Crippen molar-refractivity contribution in [3.8, 4) is 17.5 Å². The van der Waals surface area contributed by atoms with Crippen LogP contribution in [-0.4, -0.2) is 16.4 Å². The van der Waals surface area contributed by atoms with Crippen molar-refractivity contribution < 1.29 is 17.9 Å². The second kappa shape index (κ2) is 6.48. The number of benzene rings is 2. The van der Waals surface area contributed by atoms with Crippen molar-refractivity contribution in [3.05, 3.63) is 53.7 Å². The van der Waals surface area contributed by atoms with Crippen molar-refractivity contribution >= 4 is 10.9 Å². The van der Waals surface area contributed by atoms with E-state index in [-0.39, 0.29) is 6.61 Å². The van der Waals surface area contributed by atoms with Gasteiger partial charge in [0.05, 0.1) is 22.5 Å². The van der Waals surface area contributed by atoms with Crippen molar-refractivity contribution in [2.75, 3.05) is 6.61 Å². The van der Waals surface area contributed by atoms with Crippen molar-refractivity contribution in [3.63, 3.8) is 0 Å². The highest BCUT2D eigenvalue weighted by atomic mass is 19.4. The van der Waals surface area contributed by atoms with Crippen LogP contribution >= 0.6 is 0 Å². The van der Waals surface area contributed by atoms with Crippen LogP contribution in [0.3, 0.4) is 0 Å². The fraction of sp³-hybridized carbons (Fsp3) is 0.222. The number of aryl methyl sites for hydroxylation is 1. The van der Waals surface area contributed by atoms with Gasteiger partial charge in [-0.25, -0.2) is 4.68 Å². The van der Waals surface area contributed by atoms with Gasteiger partial charge in [-0.2, -0.15) is 23.5 Å². The Morgan fingerprint density at radius 2 is 1.88 bits per heavy atom. The number of halogens is 3. The van der Waals surface area contributed by atoms with Crippen LogP contribution < -0.4 is 4.74 Å². The summed E-state index contributed by atoms with van der Waals surface area (Å²) in [6.07, 6.45) is -3.71. The molecule has 7 heteroatoms. The quantitative estimate of drug-likeness (QED) is 0.699. The number of nitriles is 1. The number of rotatable bonds is 4. The molecule has 0 bridgehead atoms. The summed E-state index contributed by atoms with van der Waals surface area (Å²) in [5.41, 5.74) is 1.41. The summed E-state index contributed by atoms with van der Waals surface area (Å²) in [5, 5.41) is 14.0. The zero-order valence-electron chi connectivity index (χ0n) is 13.3. The molecule has 3 aromatic rings. The molecule has 0 fully saturated rings. The third kappa shape index (κ3) is 3.29. The molecule has 0 atom stereocenters. The number of hydrogen-bond acceptors (Lipinski definition) is 3. The minimum Gasteiger partial charge on any atom is -0.479 e. The molecule has 3 rings (SSSR count). The number of hydrogen-bond donors (Lipinski definition) is 0. The predicted molar refractivity (Wildman–Crippen MR) is 86.6 cm³/mol. The van der Waals surface area contributed by atoms with Crippen LogP contribution in [0.2, 0.25) is 0 Å². The predicted octanol–water partition coefficient (Wildman–Crippen LogP) is 4.51. The van der Waals surface area contributed by atoms with Crippen molar-refractivity contribution in [1.82, 2.24) is 9.78 Å². The van der Waals surface area contributed by atoms with E-state index in [0.717, 1.165) is 28.7 Å². The largest absolute Gasteiger partial charge is 0.479 e. The van der Waals surface area contributed by atoms with Crippen LogP contribution in [0, 0.1) is 11.3 Å². The lowest BCUT2D eigenvalue weighted by Crippen LogP contribution is -2.05. The van der Waals surface area contributed by atoms with Crippen molar-refractivity contribution in [1.29, 1.82) is 5.26 Å². The van der Waals surface area contributed by atoms with Gasteiger partial charge in [-0.1, -0.05) is 6.92 Å². The Labute approximate surface area is 142 Å². The SMILES string of the molecule is CCc1nn(-c2ccc(C(F)(F)F)cc2)c2ccc(OCC#N)cc12. The van der Waals surface area contributed by atoms with Crippen LogP contribution in [0.5, 0.6) is 5.75 Å². The highest BCUT2D eigenvalue weighted by Crippen LogP contribution is 2.31. The third-order valence-electron chi connectivity index (χ3n) is 3.81. The summed E-state index contributed by atoms with van der Waals surface area (Å²) in [4.78, 5) is 0. The van der Waals surface area contributed by atoms with E-state index in [9.17, 15) is 13.2 Å². The smallest absolute Gasteiger partial charge is 0.416 e. The Kier molecular flexibility index (Phi) is 4.36. The van der Waals surface area contributed by atoms with E-state index in [0.29, 0.717) is 17.9 Å². The molecule has 0 saturated heterocycles. The molecule has 128 valence electrons. The molecule has 0 aliphatic rings. The maximum absolute atomic E-state index is 12.7. The highest BCUT2D eigenvalue weighted by Gasteiger charge is 2.30. The van der Waals surface area contributed by atoms with Gasteiger partial charge in [-0.15, -0.1) is 0 Å². The number of aromatic nitrogens is 2. The first-order valence-corrected chi connectivity index (χ1v) is 7.63. The average Bonchev–Trinajstić information content (AvgIpc) is 2.97. The molecule has 4 nitrogen and oxygen atoms in total. The maximum Gasteiger partial charge on any atom is 0.416 e. The summed E-state index contributed by atoms with van der Waals surface area (Å²) in [6.45, 7) is 1.89. The molecular weight excluding hydrogens is 331 g/mol. The molecule has 0 saturated carbocycles. The first kappa shape index (κ1) is 16.8. The van der Waals surface area contributed by atoms with Gasteiger partial charge in [-0.3, -0.25) is 0 Å². The Bertz CT molecular complexity index is 937. The van der Waals surface area contributed by atoms with Gasteiger partial charge in [0.15, 0.2) is 6.61 Å². The molecular formula is C18H14F3N3O. The molecule has 0 amide bonds. The topological polar surface area (TPSA) is 50.8 Å². The molecule has 25 heavy (non-hydrogen) atoms. The minimum atomic E-state index is -4.37. The van der Waals surface area contributed by atoms with E-state index in [1.165, 1.54) is 12.1 Å². The molecule has 0 radical (unpaired) electrons. The van der Waals surface area contributed by atoms with E-state index in [4.69, 9.17) is 10.00 Å². The fourth-order valence-electron chi connectivity index (χ4n) is 2.61. The second-order valence-corrected chi connectivity index (χ2v) is 5.38. The van der Waals surface area contributed by atoms with E-state index in [1.54, 1.807) is 22.9 Å². The minimum absolute atomic E-state index is 0.0555. The van der Waals surface area contributed by atoms with Gasteiger partial charge < -0.3 is 4.74 Å². The normalized spacial score (nSPS) is 11.5. The number of fused-ring (bicyclic) bond motifs is 1. The molecule has 0 spiro atoms. The molecule has 2 aromatic carbocycles. The molecule has 0 N–H and O–H groups in total. The van der Waals surface area contributed by atoms with Gasteiger partial charge in [0.1, 0.15) is 11.8 Å². The number of ether oxygens (including phenoxy) is 1. The summed E-state index contributed by atoms with van der Waals surface area (Å²) in [7, 11) is 0. The summed E-state index contributed by atoms with van der Waals surface area (Å²) >= 11 is 0. The zero-order chi connectivity index (χ0) is 18.0. The van der Waals surface area contributed by atoms with Crippen LogP contribution in [0.4, 0.5) is 13.2 Å². The van der Waals surface area contributed by atoms with Gasteiger partial charge in [0.25, 0.3) is 0 Å². The lowest BCUT2D eigenvalue weighted by Gasteiger charge is -2.08. The van der Waals surface area contributed by atoms with Crippen LogP contribution in [0.1, 0.15) is 18.2 Å². The molecule has 1 aromatic heterocycles. The van der Waals surface area contributed by atoms with Gasteiger partial charge in [0, 0.05) is 5.39 Å². The lowest BCUT2D eigenvalue weighted by molar-refractivity contribution is -0.137. The first-order chi connectivity index (χ1) is 11.9. The molecule has 0 aliphatic carbocycles.